The number of carbonyl (C=O) groups excluding carboxylic acids is 1. The highest BCUT2D eigenvalue weighted by molar-refractivity contribution is 5.95. The smallest absolute Gasteiger partial charge is 0.292 e. The highest BCUT2D eigenvalue weighted by Gasteiger charge is 2.60. The maximum atomic E-state index is 12.7. The summed E-state index contributed by atoms with van der Waals surface area (Å²) >= 11 is 0. The van der Waals surface area contributed by atoms with E-state index in [4.69, 9.17) is 0 Å². The van der Waals surface area contributed by atoms with Gasteiger partial charge in [-0.2, -0.15) is 5.10 Å². The molecule has 1 N–H and O–H groups in total. The molecule has 0 aromatic heterocycles. The van der Waals surface area contributed by atoms with Crippen molar-refractivity contribution >= 4 is 23.0 Å². The van der Waals surface area contributed by atoms with E-state index in [9.17, 15) is 14.9 Å². The van der Waals surface area contributed by atoms with Gasteiger partial charge in [-0.05, 0) is 49.5 Å². The molecule has 4 rings (SSSR count). The zero-order chi connectivity index (χ0) is 20.8. The van der Waals surface area contributed by atoms with Gasteiger partial charge in [-0.25, -0.2) is 5.43 Å². The van der Waals surface area contributed by atoms with Gasteiger partial charge < -0.3 is 4.90 Å². The summed E-state index contributed by atoms with van der Waals surface area (Å²) in [6.45, 7) is 8.20. The molecule has 1 saturated heterocycles. The quantitative estimate of drug-likeness (QED) is 0.610. The third-order valence-electron chi connectivity index (χ3n) is 8.10. The summed E-state index contributed by atoms with van der Waals surface area (Å²) in [5.41, 5.74) is 5.07. The average molecular weight is 399 g/mol. The molecular weight excluding hydrogens is 368 g/mol. The first-order valence-corrected chi connectivity index (χ1v) is 10.6. The number of nitrogens with zero attached hydrogens (tertiary/aromatic N) is 3. The molecule has 2 aliphatic carbocycles. The van der Waals surface area contributed by atoms with Crippen molar-refractivity contribution in [3.63, 3.8) is 0 Å². The van der Waals surface area contributed by atoms with Crippen LogP contribution >= 0.6 is 0 Å². The van der Waals surface area contributed by atoms with Gasteiger partial charge in [0, 0.05) is 36.2 Å². The van der Waals surface area contributed by atoms with E-state index in [0.29, 0.717) is 37.5 Å². The zero-order valence-electron chi connectivity index (χ0n) is 17.5. The van der Waals surface area contributed by atoms with Crippen molar-refractivity contribution in [2.75, 3.05) is 18.0 Å². The Kier molecular flexibility index (Phi) is 4.87. The van der Waals surface area contributed by atoms with E-state index in [1.807, 2.05) is 11.0 Å². The molecule has 2 saturated carbocycles. The first-order chi connectivity index (χ1) is 13.7. The molecule has 1 aromatic rings. The minimum absolute atomic E-state index is 0.0242. The lowest BCUT2D eigenvalue weighted by Gasteiger charge is -2.34. The number of nitro groups is 1. The molecule has 156 valence electrons. The Balaban J connectivity index is 1.37. The molecule has 1 heterocycles. The number of hydrogen-bond donors (Lipinski definition) is 1. The number of anilines is 1. The Bertz CT molecular complexity index is 857. The fourth-order valence-corrected chi connectivity index (χ4v) is 5.58. The van der Waals surface area contributed by atoms with Crippen molar-refractivity contribution in [3.05, 3.63) is 34.4 Å². The molecular formula is C22H30N4O3. The number of hydrogen-bond acceptors (Lipinski definition) is 5. The van der Waals surface area contributed by atoms with Crippen LogP contribution in [0.15, 0.2) is 29.4 Å². The van der Waals surface area contributed by atoms with Gasteiger partial charge in [-0.3, -0.25) is 14.9 Å². The predicted octanol–water partition coefficient (Wildman–Crippen LogP) is 4.13. The fraction of sp³-hybridized carbons (Fsp3) is 0.636. The number of benzene rings is 1. The highest BCUT2D eigenvalue weighted by Crippen LogP contribution is 2.63. The molecule has 1 amide bonds. The van der Waals surface area contributed by atoms with Crippen molar-refractivity contribution in [3.8, 4) is 0 Å². The maximum absolute atomic E-state index is 12.7. The summed E-state index contributed by atoms with van der Waals surface area (Å²) in [7, 11) is 0. The van der Waals surface area contributed by atoms with Gasteiger partial charge in [0.25, 0.3) is 5.69 Å². The number of para-hydroxylation sites is 2. The summed E-state index contributed by atoms with van der Waals surface area (Å²) < 4.78 is 0. The minimum Gasteiger partial charge on any atom is -0.366 e. The second-order valence-corrected chi connectivity index (χ2v) is 9.54. The molecule has 0 radical (unpaired) electrons. The molecule has 0 unspecified atom stereocenters. The molecule has 3 fully saturated rings. The van der Waals surface area contributed by atoms with Crippen LogP contribution in [0.5, 0.6) is 0 Å². The lowest BCUT2D eigenvalue weighted by atomic mass is 9.70. The summed E-state index contributed by atoms with van der Waals surface area (Å²) in [4.78, 5) is 25.6. The van der Waals surface area contributed by atoms with Gasteiger partial charge >= 0.3 is 0 Å². The number of piperidine rings is 1. The van der Waals surface area contributed by atoms with E-state index in [1.54, 1.807) is 12.1 Å². The summed E-state index contributed by atoms with van der Waals surface area (Å²) in [5, 5.41) is 15.9. The van der Waals surface area contributed by atoms with Crippen molar-refractivity contribution in [2.24, 2.45) is 27.8 Å². The van der Waals surface area contributed by atoms with E-state index in [-0.39, 0.29) is 33.3 Å². The molecule has 7 nitrogen and oxygen atoms in total. The molecule has 1 aliphatic heterocycles. The molecule has 7 heteroatoms. The van der Waals surface area contributed by atoms with Gasteiger partial charge in [0.1, 0.15) is 5.69 Å². The van der Waals surface area contributed by atoms with Gasteiger partial charge in [0.2, 0.25) is 5.91 Å². The first-order valence-electron chi connectivity index (χ1n) is 10.6. The summed E-state index contributed by atoms with van der Waals surface area (Å²) in [6, 6.07) is 6.80. The second kappa shape index (κ2) is 7.11. The number of nitro benzene ring substituents is 1. The Morgan fingerprint density at radius 2 is 1.90 bits per heavy atom. The van der Waals surface area contributed by atoms with E-state index in [0.717, 1.165) is 18.6 Å². The third-order valence-corrected chi connectivity index (χ3v) is 8.10. The van der Waals surface area contributed by atoms with Gasteiger partial charge in [-0.1, -0.05) is 32.9 Å². The van der Waals surface area contributed by atoms with E-state index in [2.05, 4.69) is 31.3 Å². The summed E-state index contributed by atoms with van der Waals surface area (Å²) in [6.07, 6.45) is 4.73. The Morgan fingerprint density at radius 1 is 1.21 bits per heavy atom. The highest BCUT2D eigenvalue weighted by atomic mass is 16.6. The maximum Gasteiger partial charge on any atom is 0.292 e. The van der Waals surface area contributed by atoms with Crippen LogP contribution in [-0.4, -0.2) is 29.6 Å². The zero-order valence-corrected chi connectivity index (χ0v) is 17.5. The number of carbonyl (C=O) groups is 1. The second-order valence-electron chi connectivity index (χ2n) is 9.54. The molecule has 2 bridgehead atoms. The fourth-order valence-electron chi connectivity index (χ4n) is 5.58. The SMILES string of the molecule is CC1(C)[C@@H]2CC[C@]1(C)/C(=N/NC(=O)C1CCN(c3ccccc3[N+](=O)[O-])CC1)C2. The number of amides is 1. The van der Waals surface area contributed by atoms with Crippen LogP contribution < -0.4 is 10.3 Å². The van der Waals surface area contributed by atoms with E-state index < -0.39 is 0 Å². The normalized spacial score (nSPS) is 30.0. The van der Waals surface area contributed by atoms with Crippen molar-refractivity contribution in [1.29, 1.82) is 0 Å². The largest absolute Gasteiger partial charge is 0.366 e. The Morgan fingerprint density at radius 3 is 2.48 bits per heavy atom. The lowest BCUT2D eigenvalue weighted by molar-refractivity contribution is -0.384. The van der Waals surface area contributed by atoms with Gasteiger partial charge in [0.05, 0.1) is 4.92 Å². The molecule has 1 aromatic carbocycles. The number of fused-ring (bicyclic) bond motifs is 2. The summed E-state index contributed by atoms with van der Waals surface area (Å²) in [5.74, 6) is 0.537. The number of rotatable bonds is 4. The van der Waals surface area contributed by atoms with Crippen LogP contribution in [0.3, 0.4) is 0 Å². The standard InChI is InChI=1S/C22H30N4O3/c1-21(2)16-8-11-22(21,3)19(14-16)23-24-20(27)15-9-12-25(13-10-15)17-6-4-5-7-18(17)26(28)29/h4-7,15-16H,8-14H2,1-3H3,(H,24,27)/b23-19+/t16-,22-/m1/s1. The van der Waals surface area contributed by atoms with Crippen LogP contribution in [0, 0.1) is 32.8 Å². The average Bonchev–Trinajstić information content (AvgIpc) is 3.05. The molecule has 29 heavy (non-hydrogen) atoms. The van der Waals surface area contributed by atoms with Crippen LogP contribution in [0.4, 0.5) is 11.4 Å². The number of hydrazone groups is 1. The van der Waals surface area contributed by atoms with Crippen LogP contribution in [0.2, 0.25) is 0 Å². The Labute approximate surface area is 171 Å². The third kappa shape index (κ3) is 3.20. The molecule has 0 spiro atoms. The number of nitrogens with one attached hydrogen (secondary N) is 1. The van der Waals surface area contributed by atoms with Crippen LogP contribution in [0.1, 0.15) is 52.9 Å². The van der Waals surface area contributed by atoms with E-state index >= 15 is 0 Å². The first kappa shape index (κ1) is 19.9. The monoisotopic (exact) mass is 398 g/mol. The van der Waals surface area contributed by atoms with Crippen LogP contribution in [-0.2, 0) is 4.79 Å². The molecule has 2 atom stereocenters. The van der Waals surface area contributed by atoms with Crippen molar-refractivity contribution in [2.45, 2.75) is 52.9 Å². The topological polar surface area (TPSA) is 87.8 Å². The van der Waals surface area contributed by atoms with Crippen molar-refractivity contribution in [1.82, 2.24) is 5.43 Å². The van der Waals surface area contributed by atoms with Gasteiger partial charge in [-0.15, -0.1) is 0 Å². The Hall–Kier alpha value is -2.44. The lowest BCUT2D eigenvalue weighted by Crippen LogP contribution is -2.40. The minimum atomic E-state index is -0.346. The van der Waals surface area contributed by atoms with Crippen molar-refractivity contribution < 1.29 is 9.72 Å². The predicted molar refractivity (Wildman–Crippen MR) is 113 cm³/mol. The van der Waals surface area contributed by atoms with Crippen LogP contribution in [0.25, 0.3) is 0 Å². The van der Waals surface area contributed by atoms with E-state index in [1.165, 1.54) is 12.5 Å². The van der Waals surface area contributed by atoms with Gasteiger partial charge in [0.15, 0.2) is 0 Å². The molecule has 3 aliphatic rings.